The molecule has 2 atom stereocenters. The van der Waals surface area contributed by atoms with Crippen LogP contribution in [0.25, 0.3) is 0 Å². The summed E-state index contributed by atoms with van der Waals surface area (Å²) >= 11 is 6.09. The lowest BCUT2D eigenvalue weighted by molar-refractivity contribution is -0.148. The van der Waals surface area contributed by atoms with Crippen LogP contribution in [0, 0.1) is 17.6 Å². The van der Waals surface area contributed by atoms with E-state index in [2.05, 4.69) is 10.3 Å². The number of aliphatic imine (C=N–C) groups is 1. The second-order valence-corrected chi connectivity index (χ2v) is 8.73. The standard InChI is InChI=1S/C27H23ClF2N2O4/c1-35-22-8-6-18(7-9-22)25-24(26(33)36-15-17-12-20(29)14-21(30)13-17)23(31-27(34)32-25)10-5-16-3-2-4-19(28)11-16/h2-4,6-9,11-14,24-25H,5,10,15H2,1H3,(H,32,34). The molecule has 9 heteroatoms. The first-order valence-electron chi connectivity index (χ1n) is 11.2. The summed E-state index contributed by atoms with van der Waals surface area (Å²) in [6.07, 6.45) is 0.787. The minimum Gasteiger partial charge on any atom is -0.497 e. The SMILES string of the molecule is COc1ccc(C2NC(=O)N=C(CCc3cccc(Cl)c3)C2C(=O)OCc2cc(F)cc(F)c2)cc1. The molecule has 0 spiro atoms. The fourth-order valence-corrected chi connectivity index (χ4v) is 4.33. The van der Waals surface area contributed by atoms with Crippen LogP contribution in [0.15, 0.2) is 71.7 Å². The van der Waals surface area contributed by atoms with E-state index in [4.69, 9.17) is 21.1 Å². The third-order valence-electron chi connectivity index (χ3n) is 5.81. The molecule has 2 unspecified atom stereocenters. The summed E-state index contributed by atoms with van der Waals surface area (Å²) in [5, 5.41) is 3.32. The van der Waals surface area contributed by atoms with Crippen molar-refractivity contribution in [2.45, 2.75) is 25.5 Å². The molecule has 36 heavy (non-hydrogen) atoms. The summed E-state index contributed by atoms with van der Waals surface area (Å²) in [4.78, 5) is 29.9. The minimum absolute atomic E-state index is 0.166. The molecule has 4 rings (SSSR count). The Morgan fingerprint density at radius 3 is 2.39 bits per heavy atom. The van der Waals surface area contributed by atoms with Gasteiger partial charge < -0.3 is 14.8 Å². The van der Waals surface area contributed by atoms with Crippen molar-refractivity contribution in [3.63, 3.8) is 0 Å². The van der Waals surface area contributed by atoms with E-state index < -0.39 is 35.6 Å². The molecule has 186 valence electrons. The van der Waals surface area contributed by atoms with Gasteiger partial charge in [-0.15, -0.1) is 0 Å². The molecule has 0 bridgehead atoms. The molecule has 1 aliphatic rings. The number of hydrogen-bond acceptors (Lipinski definition) is 4. The van der Waals surface area contributed by atoms with Crippen LogP contribution in [-0.4, -0.2) is 24.8 Å². The van der Waals surface area contributed by atoms with Crippen LogP contribution < -0.4 is 10.1 Å². The Bertz CT molecular complexity index is 1280. The molecule has 2 amide bonds. The average molecular weight is 513 g/mol. The van der Waals surface area contributed by atoms with Gasteiger partial charge in [-0.2, -0.15) is 0 Å². The number of halogens is 3. The number of carbonyl (C=O) groups excluding carboxylic acids is 2. The number of rotatable bonds is 8. The molecule has 3 aromatic carbocycles. The highest BCUT2D eigenvalue weighted by atomic mass is 35.5. The van der Waals surface area contributed by atoms with Crippen molar-refractivity contribution in [1.82, 2.24) is 5.32 Å². The summed E-state index contributed by atoms with van der Waals surface area (Å²) in [7, 11) is 1.54. The minimum atomic E-state index is -0.950. The van der Waals surface area contributed by atoms with E-state index in [0.29, 0.717) is 34.9 Å². The molecule has 3 aromatic rings. The Labute approximate surface area is 211 Å². The number of nitrogens with one attached hydrogen (secondary N) is 1. The fraction of sp³-hybridized carbons (Fsp3) is 0.222. The molecular formula is C27H23ClF2N2O4. The van der Waals surface area contributed by atoms with Crippen molar-refractivity contribution in [1.29, 1.82) is 0 Å². The van der Waals surface area contributed by atoms with Gasteiger partial charge in [-0.25, -0.2) is 18.6 Å². The van der Waals surface area contributed by atoms with Gasteiger partial charge in [0.25, 0.3) is 0 Å². The van der Waals surface area contributed by atoms with Gasteiger partial charge in [-0.1, -0.05) is 35.9 Å². The number of carbonyl (C=O) groups is 2. The van der Waals surface area contributed by atoms with Crippen LogP contribution in [0.4, 0.5) is 13.6 Å². The van der Waals surface area contributed by atoms with Crippen LogP contribution in [0.5, 0.6) is 5.75 Å². The molecule has 0 saturated heterocycles. The monoisotopic (exact) mass is 512 g/mol. The highest BCUT2D eigenvalue weighted by Crippen LogP contribution is 2.31. The van der Waals surface area contributed by atoms with Gasteiger partial charge in [0, 0.05) is 16.8 Å². The Morgan fingerprint density at radius 2 is 1.72 bits per heavy atom. The zero-order valence-electron chi connectivity index (χ0n) is 19.3. The van der Waals surface area contributed by atoms with Crippen molar-refractivity contribution in [3.05, 3.63) is 100 Å². The van der Waals surface area contributed by atoms with Crippen molar-refractivity contribution >= 4 is 29.3 Å². The number of ether oxygens (including phenoxy) is 2. The van der Waals surface area contributed by atoms with E-state index in [-0.39, 0.29) is 12.2 Å². The largest absolute Gasteiger partial charge is 0.497 e. The summed E-state index contributed by atoms with van der Waals surface area (Å²) in [6, 6.07) is 15.8. The van der Waals surface area contributed by atoms with Gasteiger partial charge in [0.15, 0.2) is 0 Å². The van der Waals surface area contributed by atoms with Gasteiger partial charge in [-0.05, 0) is 65.9 Å². The number of methoxy groups -OCH3 is 1. The Hall–Kier alpha value is -3.78. The van der Waals surface area contributed by atoms with Gasteiger partial charge >= 0.3 is 12.0 Å². The van der Waals surface area contributed by atoms with E-state index in [9.17, 15) is 18.4 Å². The van der Waals surface area contributed by atoms with Crippen LogP contribution >= 0.6 is 11.6 Å². The smallest absolute Gasteiger partial charge is 0.341 e. The molecule has 0 radical (unpaired) electrons. The van der Waals surface area contributed by atoms with Gasteiger partial charge in [0.2, 0.25) is 0 Å². The van der Waals surface area contributed by atoms with Crippen LogP contribution in [-0.2, 0) is 22.6 Å². The first-order chi connectivity index (χ1) is 17.3. The maximum atomic E-state index is 13.6. The molecule has 0 fully saturated rings. The average Bonchev–Trinajstić information content (AvgIpc) is 2.85. The lowest BCUT2D eigenvalue weighted by Crippen LogP contribution is -2.45. The van der Waals surface area contributed by atoms with Crippen LogP contribution in [0.1, 0.15) is 29.2 Å². The summed E-state index contributed by atoms with van der Waals surface area (Å²) in [5.41, 5.74) is 2.08. The topological polar surface area (TPSA) is 77.0 Å². The van der Waals surface area contributed by atoms with E-state index in [1.165, 1.54) is 7.11 Å². The van der Waals surface area contributed by atoms with Crippen molar-refractivity contribution < 1.29 is 27.8 Å². The Kier molecular flexibility index (Phi) is 7.95. The second-order valence-electron chi connectivity index (χ2n) is 8.30. The lowest BCUT2D eigenvalue weighted by atomic mass is 9.85. The van der Waals surface area contributed by atoms with Crippen molar-refractivity contribution in [2.75, 3.05) is 7.11 Å². The first kappa shape index (κ1) is 25.3. The fourth-order valence-electron chi connectivity index (χ4n) is 4.11. The maximum absolute atomic E-state index is 13.6. The summed E-state index contributed by atoms with van der Waals surface area (Å²) in [6.45, 7) is -0.338. The number of amides is 2. The quantitative estimate of drug-likeness (QED) is 0.386. The predicted octanol–water partition coefficient (Wildman–Crippen LogP) is 5.82. The number of urea groups is 1. The molecule has 1 N–H and O–H groups in total. The highest BCUT2D eigenvalue weighted by Gasteiger charge is 2.39. The summed E-state index contributed by atoms with van der Waals surface area (Å²) in [5.74, 6) is -2.56. The Balaban J connectivity index is 1.61. The van der Waals surface area contributed by atoms with Crippen LogP contribution in [0.2, 0.25) is 5.02 Å². The first-order valence-corrected chi connectivity index (χ1v) is 11.6. The molecule has 0 aliphatic carbocycles. The number of nitrogens with zero attached hydrogens (tertiary/aromatic N) is 1. The van der Waals surface area contributed by atoms with Crippen molar-refractivity contribution in [3.8, 4) is 5.75 Å². The van der Waals surface area contributed by atoms with E-state index in [0.717, 1.165) is 23.8 Å². The molecule has 1 aliphatic heterocycles. The highest BCUT2D eigenvalue weighted by molar-refractivity contribution is 6.30. The normalized spacial score (nSPS) is 17.2. The lowest BCUT2D eigenvalue weighted by Gasteiger charge is -2.31. The molecule has 0 aromatic heterocycles. The van der Waals surface area contributed by atoms with Crippen LogP contribution in [0.3, 0.4) is 0 Å². The second kappa shape index (κ2) is 11.3. The van der Waals surface area contributed by atoms with Gasteiger partial charge in [-0.3, -0.25) is 4.79 Å². The molecular weight excluding hydrogens is 490 g/mol. The number of aryl methyl sites for hydroxylation is 1. The predicted molar refractivity (Wildman–Crippen MR) is 131 cm³/mol. The number of benzene rings is 3. The number of esters is 1. The van der Waals surface area contributed by atoms with Crippen molar-refractivity contribution in [2.24, 2.45) is 10.9 Å². The van der Waals surface area contributed by atoms with E-state index >= 15 is 0 Å². The Morgan fingerprint density at radius 1 is 1.00 bits per heavy atom. The van der Waals surface area contributed by atoms with Gasteiger partial charge in [0.05, 0.1) is 13.2 Å². The third-order valence-corrected chi connectivity index (χ3v) is 6.04. The van der Waals surface area contributed by atoms with E-state index in [1.54, 1.807) is 36.4 Å². The van der Waals surface area contributed by atoms with E-state index in [1.807, 2.05) is 12.1 Å². The molecule has 1 heterocycles. The molecule has 0 saturated carbocycles. The third kappa shape index (κ3) is 6.26. The molecule has 6 nitrogen and oxygen atoms in total. The van der Waals surface area contributed by atoms with Gasteiger partial charge in [0.1, 0.15) is 29.9 Å². The zero-order chi connectivity index (χ0) is 25.7. The maximum Gasteiger partial charge on any atom is 0.341 e. The summed E-state index contributed by atoms with van der Waals surface area (Å²) < 4.78 is 37.8. The zero-order valence-corrected chi connectivity index (χ0v) is 20.1. The number of hydrogen-bond donors (Lipinski definition) is 1.